The molecule has 0 unspecified atom stereocenters. The molecule has 7 nitrogen and oxygen atoms in total. The number of nitrogens with one attached hydrogen (secondary N) is 2. The van der Waals surface area contributed by atoms with Gasteiger partial charge in [0, 0.05) is 25.7 Å². The minimum Gasteiger partial charge on any atom is -0.497 e. The lowest BCUT2D eigenvalue weighted by Gasteiger charge is -2.17. The first-order valence-corrected chi connectivity index (χ1v) is 9.01. The summed E-state index contributed by atoms with van der Waals surface area (Å²) in [4.78, 5) is 4.27. The van der Waals surface area contributed by atoms with Gasteiger partial charge in [-0.1, -0.05) is 12.1 Å². The van der Waals surface area contributed by atoms with E-state index in [1.165, 1.54) is 5.56 Å². The third-order valence-electron chi connectivity index (χ3n) is 4.34. The van der Waals surface area contributed by atoms with Gasteiger partial charge in [-0.2, -0.15) is 0 Å². The molecule has 0 aromatic heterocycles. The number of hydrogen-bond donors (Lipinski definition) is 2. The Bertz CT molecular complexity index is 757. The van der Waals surface area contributed by atoms with Crippen molar-refractivity contribution in [3.63, 3.8) is 0 Å². The fourth-order valence-electron chi connectivity index (χ4n) is 2.76. The van der Waals surface area contributed by atoms with E-state index in [4.69, 9.17) is 18.9 Å². The van der Waals surface area contributed by atoms with Gasteiger partial charge in [-0.25, -0.2) is 0 Å². The van der Waals surface area contributed by atoms with Gasteiger partial charge >= 0.3 is 0 Å². The molecule has 2 aromatic rings. The van der Waals surface area contributed by atoms with Crippen molar-refractivity contribution in [3.8, 4) is 23.0 Å². The lowest BCUT2D eigenvalue weighted by atomic mass is 10.1. The van der Waals surface area contributed by atoms with Crippen molar-refractivity contribution < 1.29 is 18.9 Å². The van der Waals surface area contributed by atoms with E-state index in [-0.39, 0.29) is 24.0 Å². The molecule has 2 N–H and O–H groups in total. The molecule has 160 valence electrons. The third kappa shape index (κ3) is 7.19. The largest absolute Gasteiger partial charge is 0.497 e. The predicted molar refractivity (Wildman–Crippen MR) is 126 cm³/mol. The Labute approximate surface area is 189 Å². The van der Waals surface area contributed by atoms with Crippen LogP contribution >= 0.6 is 24.0 Å². The van der Waals surface area contributed by atoms with Crippen LogP contribution in [0.1, 0.15) is 11.1 Å². The van der Waals surface area contributed by atoms with Gasteiger partial charge in [0.2, 0.25) is 0 Å². The van der Waals surface area contributed by atoms with E-state index in [1.54, 1.807) is 35.5 Å². The van der Waals surface area contributed by atoms with Gasteiger partial charge in [0.1, 0.15) is 23.0 Å². The zero-order chi connectivity index (χ0) is 20.4. The molecule has 2 rings (SSSR count). The number of guanidine groups is 1. The summed E-state index contributed by atoms with van der Waals surface area (Å²) in [6.45, 7) is 1.25. The molecular formula is C21H30IN3O4. The molecule has 0 radical (unpaired) electrons. The van der Waals surface area contributed by atoms with Crippen LogP contribution in [0, 0.1) is 0 Å². The highest BCUT2D eigenvalue weighted by atomic mass is 127. The van der Waals surface area contributed by atoms with E-state index < -0.39 is 0 Å². The smallest absolute Gasteiger partial charge is 0.191 e. The number of hydrogen-bond acceptors (Lipinski definition) is 5. The van der Waals surface area contributed by atoms with E-state index in [9.17, 15) is 0 Å². The van der Waals surface area contributed by atoms with E-state index in [0.29, 0.717) is 29.8 Å². The van der Waals surface area contributed by atoms with Crippen LogP contribution in [0.5, 0.6) is 23.0 Å². The minimum atomic E-state index is 0. The summed E-state index contributed by atoms with van der Waals surface area (Å²) >= 11 is 0. The predicted octanol–water partition coefficient (Wildman–Crippen LogP) is 3.25. The first kappa shape index (κ1) is 24.7. The molecule has 0 bridgehead atoms. The monoisotopic (exact) mass is 515 g/mol. The standard InChI is InChI=1S/C21H29N3O4.HI/c1-22-21(23-11-10-15-6-8-16(25-2)9-7-15)24-14-18-19(27-4)12-17(26-3)13-20(18)28-5;/h6-9,12-13H,10-11,14H2,1-5H3,(H2,22,23,24);1H. The first-order chi connectivity index (χ1) is 13.6. The highest BCUT2D eigenvalue weighted by Crippen LogP contribution is 2.33. The quantitative estimate of drug-likeness (QED) is 0.304. The Balaban J connectivity index is 0.00000420. The maximum absolute atomic E-state index is 5.48. The Morgan fingerprint density at radius 3 is 1.90 bits per heavy atom. The average molecular weight is 515 g/mol. The van der Waals surface area contributed by atoms with Crippen molar-refractivity contribution in [3.05, 3.63) is 47.5 Å². The molecular weight excluding hydrogens is 485 g/mol. The van der Waals surface area contributed by atoms with Crippen molar-refractivity contribution in [2.45, 2.75) is 13.0 Å². The van der Waals surface area contributed by atoms with Crippen molar-refractivity contribution in [1.29, 1.82) is 0 Å². The highest BCUT2D eigenvalue weighted by molar-refractivity contribution is 14.0. The molecule has 0 aliphatic carbocycles. The Morgan fingerprint density at radius 2 is 1.41 bits per heavy atom. The third-order valence-corrected chi connectivity index (χ3v) is 4.34. The fourth-order valence-corrected chi connectivity index (χ4v) is 2.76. The molecule has 2 aromatic carbocycles. The number of benzene rings is 2. The van der Waals surface area contributed by atoms with Crippen molar-refractivity contribution in [1.82, 2.24) is 10.6 Å². The number of aliphatic imine (C=N–C) groups is 1. The molecule has 0 saturated carbocycles. The second kappa shape index (κ2) is 13.0. The Hall–Kier alpha value is -2.36. The summed E-state index contributed by atoms with van der Waals surface area (Å²) in [7, 11) is 8.27. The maximum Gasteiger partial charge on any atom is 0.191 e. The van der Waals surface area contributed by atoms with Crippen LogP contribution in [0.3, 0.4) is 0 Å². The molecule has 0 spiro atoms. The Morgan fingerprint density at radius 1 is 0.828 bits per heavy atom. The molecule has 29 heavy (non-hydrogen) atoms. The summed E-state index contributed by atoms with van der Waals surface area (Å²) in [5, 5.41) is 6.61. The summed E-state index contributed by atoms with van der Waals surface area (Å²) in [6, 6.07) is 11.7. The highest BCUT2D eigenvalue weighted by Gasteiger charge is 2.13. The number of rotatable bonds is 9. The molecule has 0 fully saturated rings. The van der Waals surface area contributed by atoms with Crippen LogP contribution in [0.25, 0.3) is 0 Å². The van der Waals surface area contributed by atoms with Crippen LogP contribution in [0.2, 0.25) is 0 Å². The van der Waals surface area contributed by atoms with Crippen LogP contribution in [0.15, 0.2) is 41.4 Å². The van der Waals surface area contributed by atoms with E-state index in [1.807, 2.05) is 24.3 Å². The first-order valence-electron chi connectivity index (χ1n) is 9.01. The summed E-state index contributed by atoms with van der Waals surface area (Å²) in [5.41, 5.74) is 2.12. The summed E-state index contributed by atoms with van der Waals surface area (Å²) in [6.07, 6.45) is 0.875. The maximum atomic E-state index is 5.48. The SMILES string of the molecule is CN=C(NCCc1ccc(OC)cc1)NCc1c(OC)cc(OC)cc1OC.I. The second-order valence-electron chi connectivity index (χ2n) is 5.96. The number of methoxy groups -OCH3 is 4. The normalized spacial score (nSPS) is 10.6. The van der Waals surface area contributed by atoms with Gasteiger partial charge in [-0.05, 0) is 24.1 Å². The number of ether oxygens (including phenoxy) is 4. The van der Waals surface area contributed by atoms with E-state index in [0.717, 1.165) is 24.3 Å². The lowest BCUT2D eigenvalue weighted by molar-refractivity contribution is 0.368. The Kier molecular flexibility index (Phi) is 11.0. The lowest BCUT2D eigenvalue weighted by Crippen LogP contribution is -2.38. The zero-order valence-corrected chi connectivity index (χ0v) is 19.9. The average Bonchev–Trinajstić information content (AvgIpc) is 2.75. The molecule has 0 aliphatic heterocycles. The van der Waals surface area contributed by atoms with Gasteiger partial charge < -0.3 is 29.6 Å². The summed E-state index contributed by atoms with van der Waals surface area (Å²) < 4.78 is 21.4. The van der Waals surface area contributed by atoms with E-state index >= 15 is 0 Å². The second-order valence-corrected chi connectivity index (χ2v) is 5.96. The number of halogens is 1. The fraction of sp³-hybridized carbons (Fsp3) is 0.381. The molecule has 0 saturated heterocycles. The van der Waals surface area contributed by atoms with Crippen molar-refractivity contribution in [2.75, 3.05) is 42.0 Å². The van der Waals surface area contributed by atoms with Gasteiger partial charge in [0.15, 0.2) is 5.96 Å². The van der Waals surface area contributed by atoms with Gasteiger partial charge in [0.25, 0.3) is 0 Å². The summed E-state index contributed by atoms with van der Waals surface area (Å²) in [5.74, 6) is 3.62. The molecule has 0 atom stereocenters. The molecule has 8 heteroatoms. The van der Waals surface area contributed by atoms with Crippen LogP contribution < -0.4 is 29.6 Å². The van der Waals surface area contributed by atoms with Crippen LogP contribution in [0.4, 0.5) is 0 Å². The molecule has 0 amide bonds. The number of nitrogens with zero attached hydrogens (tertiary/aromatic N) is 1. The van der Waals surface area contributed by atoms with Crippen molar-refractivity contribution >= 4 is 29.9 Å². The van der Waals surface area contributed by atoms with Gasteiger partial charge in [-0.3, -0.25) is 4.99 Å². The zero-order valence-electron chi connectivity index (χ0n) is 17.6. The van der Waals surface area contributed by atoms with Gasteiger partial charge in [-0.15, -0.1) is 24.0 Å². The van der Waals surface area contributed by atoms with Crippen molar-refractivity contribution in [2.24, 2.45) is 4.99 Å². The van der Waals surface area contributed by atoms with Crippen LogP contribution in [-0.2, 0) is 13.0 Å². The topological polar surface area (TPSA) is 73.3 Å². The molecule has 0 aliphatic rings. The molecule has 0 heterocycles. The van der Waals surface area contributed by atoms with Gasteiger partial charge in [0.05, 0.1) is 40.5 Å². The van der Waals surface area contributed by atoms with Crippen LogP contribution in [-0.4, -0.2) is 48.0 Å². The van der Waals surface area contributed by atoms with E-state index in [2.05, 4.69) is 27.8 Å². The minimum absolute atomic E-state index is 0.